The number of amides is 1. The lowest BCUT2D eigenvalue weighted by Gasteiger charge is -2.19. The van der Waals surface area contributed by atoms with Crippen LogP contribution in [0.25, 0.3) is 6.08 Å². The maximum absolute atomic E-state index is 12.0. The van der Waals surface area contributed by atoms with Gasteiger partial charge in [-0.1, -0.05) is 43.6 Å². The second-order valence-corrected chi connectivity index (χ2v) is 4.59. The van der Waals surface area contributed by atoms with Crippen LogP contribution in [0.1, 0.15) is 32.3 Å². The molecule has 0 saturated heterocycles. The van der Waals surface area contributed by atoms with Gasteiger partial charge in [0.1, 0.15) is 0 Å². The molecule has 0 unspecified atom stereocenters. The van der Waals surface area contributed by atoms with Gasteiger partial charge in [0.15, 0.2) is 0 Å². The first-order valence-corrected chi connectivity index (χ1v) is 6.78. The Bertz CT molecular complexity index is 409. The van der Waals surface area contributed by atoms with Gasteiger partial charge in [0.05, 0.1) is 0 Å². The molecule has 0 aliphatic heterocycles. The molecule has 0 heterocycles. The number of hydrogen-bond donors (Lipinski definition) is 0. The zero-order chi connectivity index (χ0) is 13.4. The molecular formula is C15H20ClNO. The van der Waals surface area contributed by atoms with E-state index in [2.05, 4.69) is 13.8 Å². The predicted molar refractivity (Wildman–Crippen MR) is 77.6 cm³/mol. The van der Waals surface area contributed by atoms with Gasteiger partial charge in [-0.15, -0.1) is 0 Å². The van der Waals surface area contributed by atoms with E-state index in [1.54, 1.807) is 12.2 Å². The van der Waals surface area contributed by atoms with Gasteiger partial charge in [0.25, 0.3) is 0 Å². The van der Waals surface area contributed by atoms with Crippen molar-refractivity contribution >= 4 is 23.6 Å². The van der Waals surface area contributed by atoms with Crippen LogP contribution < -0.4 is 0 Å². The number of nitrogens with zero attached hydrogens (tertiary/aromatic N) is 1. The van der Waals surface area contributed by atoms with Gasteiger partial charge in [-0.3, -0.25) is 4.79 Å². The van der Waals surface area contributed by atoms with Crippen molar-refractivity contribution in [2.24, 2.45) is 0 Å². The number of halogens is 1. The number of benzene rings is 1. The minimum absolute atomic E-state index is 0.0543. The fourth-order valence-electron chi connectivity index (χ4n) is 1.75. The Morgan fingerprint density at radius 3 is 2.39 bits per heavy atom. The number of carbonyl (C=O) groups excluding carboxylic acids is 1. The summed E-state index contributed by atoms with van der Waals surface area (Å²) in [5.74, 6) is 0.0543. The Labute approximate surface area is 114 Å². The average molecular weight is 266 g/mol. The quantitative estimate of drug-likeness (QED) is 0.712. The maximum atomic E-state index is 12.0. The third-order valence-electron chi connectivity index (χ3n) is 2.61. The van der Waals surface area contributed by atoms with Crippen molar-refractivity contribution in [2.75, 3.05) is 13.1 Å². The molecule has 0 saturated carbocycles. The van der Waals surface area contributed by atoms with Gasteiger partial charge < -0.3 is 4.90 Å². The second kappa shape index (κ2) is 7.93. The summed E-state index contributed by atoms with van der Waals surface area (Å²) < 4.78 is 0. The van der Waals surface area contributed by atoms with Crippen LogP contribution in [0.15, 0.2) is 30.3 Å². The SMILES string of the molecule is CCCN(CCC)C(=O)/C=C/c1ccccc1Cl. The van der Waals surface area contributed by atoms with Gasteiger partial charge in [-0.05, 0) is 30.5 Å². The lowest BCUT2D eigenvalue weighted by Crippen LogP contribution is -2.30. The maximum Gasteiger partial charge on any atom is 0.246 e. The Hall–Kier alpha value is -1.28. The Morgan fingerprint density at radius 2 is 1.83 bits per heavy atom. The van der Waals surface area contributed by atoms with Crippen LogP contribution in [0.2, 0.25) is 5.02 Å². The van der Waals surface area contributed by atoms with Crippen LogP contribution in [0.4, 0.5) is 0 Å². The summed E-state index contributed by atoms with van der Waals surface area (Å²) >= 11 is 6.03. The standard InChI is InChI=1S/C15H20ClNO/c1-3-11-17(12-4-2)15(18)10-9-13-7-5-6-8-14(13)16/h5-10H,3-4,11-12H2,1-2H3/b10-9+. The first-order chi connectivity index (χ1) is 8.69. The van der Waals surface area contributed by atoms with Crippen molar-refractivity contribution in [1.29, 1.82) is 0 Å². The van der Waals surface area contributed by atoms with Crippen LogP contribution >= 0.6 is 11.6 Å². The number of carbonyl (C=O) groups is 1. The highest BCUT2D eigenvalue weighted by atomic mass is 35.5. The molecule has 1 amide bonds. The van der Waals surface area contributed by atoms with Crippen LogP contribution in [0.5, 0.6) is 0 Å². The molecule has 2 nitrogen and oxygen atoms in total. The van der Waals surface area contributed by atoms with Gasteiger partial charge in [0, 0.05) is 24.2 Å². The van der Waals surface area contributed by atoms with E-state index in [1.807, 2.05) is 29.2 Å². The van der Waals surface area contributed by atoms with Crippen molar-refractivity contribution < 1.29 is 4.79 Å². The minimum Gasteiger partial charge on any atom is -0.339 e. The smallest absolute Gasteiger partial charge is 0.246 e. The first-order valence-electron chi connectivity index (χ1n) is 6.40. The predicted octanol–water partition coefficient (Wildman–Crippen LogP) is 4.00. The summed E-state index contributed by atoms with van der Waals surface area (Å²) in [4.78, 5) is 13.9. The topological polar surface area (TPSA) is 20.3 Å². The molecule has 0 N–H and O–H groups in total. The minimum atomic E-state index is 0.0543. The summed E-state index contributed by atoms with van der Waals surface area (Å²) in [5, 5.41) is 0.666. The lowest BCUT2D eigenvalue weighted by atomic mass is 10.2. The molecule has 0 spiro atoms. The zero-order valence-electron chi connectivity index (χ0n) is 11.0. The largest absolute Gasteiger partial charge is 0.339 e. The van der Waals surface area contributed by atoms with Crippen LogP contribution in [-0.2, 0) is 4.79 Å². The van der Waals surface area contributed by atoms with Crippen molar-refractivity contribution in [3.05, 3.63) is 40.9 Å². The molecule has 1 aromatic rings. The highest BCUT2D eigenvalue weighted by Gasteiger charge is 2.07. The van der Waals surface area contributed by atoms with E-state index in [0.29, 0.717) is 5.02 Å². The molecule has 0 aliphatic rings. The van der Waals surface area contributed by atoms with Crippen LogP contribution in [0.3, 0.4) is 0 Å². The van der Waals surface area contributed by atoms with Crippen molar-refractivity contribution in [3.8, 4) is 0 Å². The van der Waals surface area contributed by atoms with E-state index in [0.717, 1.165) is 31.5 Å². The van der Waals surface area contributed by atoms with Gasteiger partial charge in [0.2, 0.25) is 5.91 Å². The van der Waals surface area contributed by atoms with Crippen LogP contribution in [-0.4, -0.2) is 23.9 Å². The fraction of sp³-hybridized carbons (Fsp3) is 0.400. The third kappa shape index (κ3) is 4.53. The summed E-state index contributed by atoms with van der Waals surface area (Å²) in [6.07, 6.45) is 5.34. The summed E-state index contributed by atoms with van der Waals surface area (Å²) in [5.41, 5.74) is 0.875. The molecule has 0 aromatic heterocycles. The number of hydrogen-bond acceptors (Lipinski definition) is 1. The Kier molecular flexibility index (Phi) is 6.51. The molecule has 1 rings (SSSR count). The highest BCUT2D eigenvalue weighted by molar-refractivity contribution is 6.32. The molecule has 0 fully saturated rings. The van der Waals surface area contributed by atoms with Crippen LogP contribution in [0, 0.1) is 0 Å². The van der Waals surface area contributed by atoms with Crippen molar-refractivity contribution in [1.82, 2.24) is 4.90 Å². The van der Waals surface area contributed by atoms with Gasteiger partial charge in [-0.2, -0.15) is 0 Å². The Morgan fingerprint density at radius 1 is 1.22 bits per heavy atom. The molecule has 0 bridgehead atoms. The molecule has 0 atom stereocenters. The Balaban J connectivity index is 2.70. The van der Waals surface area contributed by atoms with E-state index >= 15 is 0 Å². The summed E-state index contributed by atoms with van der Waals surface area (Å²) in [6.45, 7) is 5.76. The van der Waals surface area contributed by atoms with E-state index in [9.17, 15) is 4.79 Å². The first kappa shape index (κ1) is 14.8. The van der Waals surface area contributed by atoms with Gasteiger partial charge >= 0.3 is 0 Å². The summed E-state index contributed by atoms with van der Waals surface area (Å²) in [6, 6.07) is 7.51. The molecule has 0 aliphatic carbocycles. The fourth-order valence-corrected chi connectivity index (χ4v) is 1.95. The summed E-state index contributed by atoms with van der Waals surface area (Å²) in [7, 11) is 0. The molecule has 1 aromatic carbocycles. The van der Waals surface area contributed by atoms with Gasteiger partial charge in [-0.25, -0.2) is 0 Å². The third-order valence-corrected chi connectivity index (χ3v) is 2.95. The second-order valence-electron chi connectivity index (χ2n) is 4.18. The molecule has 0 radical (unpaired) electrons. The lowest BCUT2D eigenvalue weighted by molar-refractivity contribution is -0.126. The number of rotatable bonds is 6. The molecule has 98 valence electrons. The molecule has 18 heavy (non-hydrogen) atoms. The normalized spacial score (nSPS) is 10.8. The van der Waals surface area contributed by atoms with E-state index in [4.69, 9.17) is 11.6 Å². The highest BCUT2D eigenvalue weighted by Crippen LogP contribution is 2.16. The van der Waals surface area contributed by atoms with E-state index in [1.165, 1.54) is 0 Å². The van der Waals surface area contributed by atoms with Crippen molar-refractivity contribution in [3.63, 3.8) is 0 Å². The molecule has 3 heteroatoms. The van der Waals surface area contributed by atoms with Crippen molar-refractivity contribution in [2.45, 2.75) is 26.7 Å². The molecular weight excluding hydrogens is 246 g/mol. The van der Waals surface area contributed by atoms with E-state index < -0.39 is 0 Å². The monoisotopic (exact) mass is 265 g/mol. The zero-order valence-corrected chi connectivity index (χ0v) is 11.8. The average Bonchev–Trinajstić information content (AvgIpc) is 2.37. The van der Waals surface area contributed by atoms with E-state index in [-0.39, 0.29) is 5.91 Å².